The molecule has 8 rings (SSSR count). The number of hydrogen-bond acceptors (Lipinski definition) is 4. The van der Waals surface area contributed by atoms with Gasteiger partial charge >= 0.3 is 5.97 Å². The first-order valence-corrected chi connectivity index (χ1v) is 20.4. The van der Waals surface area contributed by atoms with E-state index in [0.29, 0.717) is 29.6 Å². The lowest BCUT2D eigenvalue weighted by atomic mass is 9.30. The maximum Gasteiger partial charge on any atom is 0.302 e. The second-order valence-electron chi connectivity index (χ2n) is 19.5. The van der Waals surface area contributed by atoms with E-state index >= 15 is 4.79 Å². The first-order valence-electron chi connectivity index (χ1n) is 20.4. The van der Waals surface area contributed by atoms with E-state index in [-0.39, 0.29) is 34.2 Å². The molecular weight excluding hydrogens is 631 g/mol. The summed E-state index contributed by atoms with van der Waals surface area (Å²) < 4.78 is 5.76. The fourth-order valence-electron chi connectivity index (χ4n) is 14.6. The number of allylic oxidation sites excluding steroid dienone is 1. The Balaban J connectivity index is 1.15. The summed E-state index contributed by atoms with van der Waals surface area (Å²) in [6.45, 7) is 21.1. The highest BCUT2D eigenvalue weighted by Gasteiger charge is 2.79. The van der Waals surface area contributed by atoms with Gasteiger partial charge in [-0.25, -0.2) is 4.98 Å². The third-order valence-electron chi connectivity index (χ3n) is 17.4. The summed E-state index contributed by atoms with van der Waals surface area (Å²) in [5, 5.41) is 3.83. The van der Waals surface area contributed by atoms with Gasteiger partial charge in [0.2, 0.25) is 5.91 Å². The molecule has 1 aromatic carbocycles. The lowest BCUT2D eigenvalue weighted by Crippen LogP contribution is -2.74. The van der Waals surface area contributed by atoms with E-state index in [1.54, 1.807) is 6.92 Å². The van der Waals surface area contributed by atoms with Crippen molar-refractivity contribution in [3.63, 3.8) is 0 Å². The van der Waals surface area contributed by atoms with Gasteiger partial charge in [0.05, 0.1) is 22.8 Å². The second kappa shape index (κ2) is 12.1. The van der Waals surface area contributed by atoms with Crippen molar-refractivity contribution < 1.29 is 14.3 Å². The van der Waals surface area contributed by atoms with Crippen molar-refractivity contribution in [2.24, 2.45) is 63.1 Å². The van der Waals surface area contributed by atoms with Crippen LogP contribution in [0.25, 0.3) is 11.3 Å². The predicted molar refractivity (Wildman–Crippen MR) is 202 cm³/mol. The van der Waals surface area contributed by atoms with Crippen LogP contribution in [0.1, 0.15) is 131 Å². The molecule has 0 radical (unpaired) electrons. The zero-order chi connectivity index (χ0) is 36.1. The summed E-state index contributed by atoms with van der Waals surface area (Å²) in [5.74, 6) is 5.17. The van der Waals surface area contributed by atoms with Crippen LogP contribution in [0.5, 0.6) is 0 Å². The van der Waals surface area contributed by atoms with E-state index in [2.05, 4.69) is 82.7 Å². The van der Waals surface area contributed by atoms with Crippen LogP contribution < -0.4 is 5.32 Å². The number of carbonyl (C=O) groups is 2. The summed E-state index contributed by atoms with van der Waals surface area (Å²) in [4.78, 5) is 36.2. The van der Waals surface area contributed by atoms with Crippen molar-refractivity contribution in [3.8, 4) is 11.3 Å². The second-order valence-corrected chi connectivity index (χ2v) is 19.5. The van der Waals surface area contributed by atoms with Gasteiger partial charge < -0.3 is 15.0 Å². The number of nitrogens with one attached hydrogen (secondary N) is 2. The van der Waals surface area contributed by atoms with Crippen LogP contribution in [0.4, 0.5) is 0 Å². The normalized spacial score (nSPS) is 40.0. The minimum absolute atomic E-state index is 0.0401. The van der Waals surface area contributed by atoms with Crippen molar-refractivity contribution in [2.45, 2.75) is 137 Å². The van der Waals surface area contributed by atoms with Gasteiger partial charge in [-0.05, 0) is 147 Å². The minimum Gasteiger partial charge on any atom is -0.463 e. The standard InChI is InChI=1S/C45H63N3O3/c1-27(2)35-21-24-45(40(50)48-44(22-12-23-44)39-46-26-37(47-39)29-13-10-9-11-14-29)42(6,7)41(4,5)38-34-17-15-30-25-31(51-28(3)49)16-18-32(30)33(34)19-20-36(38)43(35,45)8/h9-11,13-14,26,30-36,38H,1,12,15-25H2,2-8H3,(H,46,47)(H,48,50). The van der Waals surface area contributed by atoms with E-state index in [4.69, 9.17) is 9.72 Å². The molecule has 1 amide bonds. The Hall–Kier alpha value is -2.89. The predicted octanol–water partition coefficient (Wildman–Crippen LogP) is 10.0. The number of ether oxygens (including phenoxy) is 1. The monoisotopic (exact) mass is 693 g/mol. The number of aromatic nitrogens is 2. The Bertz CT molecular complexity index is 1690. The van der Waals surface area contributed by atoms with Crippen LogP contribution in [-0.4, -0.2) is 27.9 Å². The number of imidazole rings is 1. The number of esters is 1. The summed E-state index contributed by atoms with van der Waals surface area (Å²) in [6.07, 6.45) is 15.1. The first-order chi connectivity index (χ1) is 24.2. The summed E-state index contributed by atoms with van der Waals surface area (Å²) >= 11 is 0. The van der Waals surface area contributed by atoms with Crippen molar-refractivity contribution in [3.05, 3.63) is 54.5 Å². The molecule has 2 aromatic rings. The number of amides is 1. The number of fused-ring (bicyclic) bond motifs is 7. The zero-order valence-corrected chi connectivity index (χ0v) is 32.4. The molecule has 0 saturated heterocycles. The average molecular weight is 694 g/mol. The fourth-order valence-corrected chi connectivity index (χ4v) is 14.6. The average Bonchev–Trinajstić information content (AvgIpc) is 3.70. The summed E-state index contributed by atoms with van der Waals surface area (Å²) in [5.41, 5.74) is 1.91. The number of rotatable bonds is 6. The first kappa shape index (κ1) is 35.2. The Labute approximate surface area is 306 Å². The molecule has 6 nitrogen and oxygen atoms in total. The highest BCUT2D eigenvalue weighted by Crippen LogP contribution is 2.81. The number of nitrogens with zero attached hydrogens (tertiary/aromatic N) is 1. The van der Waals surface area contributed by atoms with Gasteiger partial charge in [-0.1, -0.05) is 77.1 Å². The molecule has 0 spiro atoms. The molecule has 6 saturated carbocycles. The quantitative estimate of drug-likeness (QED) is 0.233. The van der Waals surface area contributed by atoms with E-state index in [0.717, 1.165) is 73.9 Å². The number of benzene rings is 1. The largest absolute Gasteiger partial charge is 0.463 e. The van der Waals surface area contributed by atoms with E-state index in [9.17, 15) is 4.79 Å². The molecular formula is C45H63N3O3. The minimum atomic E-state index is -0.530. The molecule has 0 bridgehead atoms. The van der Waals surface area contributed by atoms with Gasteiger partial charge in [-0.15, -0.1) is 0 Å². The van der Waals surface area contributed by atoms with Crippen molar-refractivity contribution in [1.29, 1.82) is 0 Å². The van der Waals surface area contributed by atoms with Crippen LogP contribution in [0.15, 0.2) is 48.7 Å². The van der Waals surface area contributed by atoms with E-state index in [1.165, 1.54) is 37.7 Å². The Kier molecular flexibility index (Phi) is 8.32. The van der Waals surface area contributed by atoms with Crippen LogP contribution in [0, 0.1) is 63.1 Å². The molecule has 6 aliphatic carbocycles. The van der Waals surface area contributed by atoms with Crippen molar-refractivity contribution in [1.82, 2.24) is 15.3 Å². The third-order valence-corrected chi connectivity index (χ3v) is 17.4. The summed E-state index contributed by atoms with van der Waals surface area (Å²) in [7, 11) is 0. The smallest absolute Gasteiger partial charge is 0.302 e. The number of carbonyl (C=O) groups excluding carboxylic acids is 2. The van der Waals surface area contributed by atoms with Gasteiger partial charge in [0.25, 0.3) is 0 Å². The molecule has 10 atom stereocenters. The molecule has 6 fully saturated rings. The van der Waals surface area contributed by atoms with E-state index in [1.807, 2.05) is 12.3 Å². The van der Waals surface area contributed by atoms with Crippen LogP contribution in [0.3, 0.4) is 0 Å². The van der Waals surface area contributed by atoms with Crippen LogP contribution in [-0.2, 0) is 19.9 Å². The molecule has 1 heterocycles. The third kappa shape index (κ3) is 4.81. The SMILES string of the molecule is C=C(C)C1CCC2(C(=O)NC3(c4ncc(-c5ccccc5)[nH]4)CCC3)C1(C)C1CCC3C4CCC(OC(C)=O)CC4CCC3C1C(C)(C)C2(C)C. The molecule has 6 heteroatoms. The maximum atomic E-state index is 15.8. The van der Waals surface area contributed by atoms with E-state index < -0.39 is 11.0 Å². The van der Waals surface area contributed by atoms with Gasteiger partial charge in [-0.2, -0.15) is 0 Å². The lowest BCUT2D eigenvalue weighted by Gasteiger charge is -2.74. The zero-order valence-electron chi connectivity index (χ0n) is 32.4. The number of aromatic amines is 1. The Morgan fingerprint density at radius 2 is 1.59 bits per heavy atom. The Morgan fingerprint density at radius 1 is 0.882 bits per heavy atom. The Morgan fingerprint density at radius 3 is 2.25 bits per heavy atom. The maximum absolute atomic E-state index is 15.8. The molecule has 51 heavy (non-hydrogen) atoms. The molecule has 0 aliphatic heterocycles. The number of H-pyrrole nitrogens is 1. The van der Waals surface area contributed by atoms with Crippen LogP contribution in [0.2, 0.25) is 0 Å². The van der Waals surface area contributed by atoms with Gasteiger partial charge in [0.1, 0.15) is 11.9 Å². The highest BCUT2D eigenvalue weighted by atomic mass is 16.5. The molecule has 10 unspecified atom stereocenters. The summed E-state index contributed by atoms with van der Waals surface area (Å²) in [6, 6.07) is 10.4. The molecule has 1 aromatic heterocycles. The molecule has 6 aliphatic rings. The fraction of sp³-hybridized carbons (Fsp3) is 0.711. The van der Waals surface area contributed by atoms with Gasteiger partial charge in [-0.3, -0.25) is 9.59 Å². The molecule has 276 valence electrons. The molecule has 2 N–H and O–H groups in total. The highest BCUT2D eigenvalue weighted by molar-refractivity contribution is 5.87. The van der Waals surface area contributed by atoms with Gasteiger partial charge in [0, 0.05) is 6.92 Å². The number of hydrogen-bond donors (Lipinski definition) is 2. The van der Waals surface area contributed by atoms with Crippen molar-refractivity contribution >= 4 is 11.9 Å². The topological polar surface area (TPSA) is 84.1 Å². The van der Waals surface area contributed by atoms with Crippen LogP contribution >= 0.6 is 0 Å². The lowest BCUT2D eigenvalue weighted by molar-refractivity contribution is -0.258. The van der Waals surface area contributed by atoms with Crippen molar-refractivity contribution in [2.75, 3.05) is 0 Å². The van der Waals surface area contributed by atoms with Gasteiger partial charge in [0.15, 0.2) is 0 Å².